The van der Waals surface area contributed by atoms with Crippen molar-refractivity contribution in [2.75, 3.05) is 11.3 Å². The Labute approximate surface area is 128 Å². The van der Waals surface area contributed by atoms with Crippen molar-refractivity contribution in [2.45, 2.75) is 18.4 Å². The SMILES string of the molecule is CCOCc1cccc(S(=O)(=O)Nc2ccn(C)c(=O)n2)c1. The van der Waals surface area contributed by atoms with Gasteiger partial charge < -0.3 is 9.30 Å². The largest absolute Gasteiger partial charge is 0.377 e. The maximum Gasteiger partial charge on any atom is 0.349 e. The molecule has 0 aliphatic carbocycles. The lowest BCUT2D eigenvalue weighted by Gasteiger charge is -2.09. The average molecular weight is 323 g/mol. The number of anilines is 1. The Morgan fingerprint density at radius 3 is 2.77 bits per heavy atom. The molecule has 0 fully saturated rings. The molecule has 0 bridgehead atoms. The van der Waals surface area contributed by atoms with E-state index in [-0.39, 0.29) is 10.7 Å². The van der Waals surface area contributed by atoms with Crippen molar-refractivity contribution in [1.29, 1.82) is 0 Å². The van der Waals surface area contributed by atoms with Crippen LogP contribution >= 0.6 is 0 Å². The molecule has 2 aromatic rings. The van der Waals surface area contributed by atoms with Crippen LogP contribution in [0.3, 0.4) is 0 Å². The Bertz CT molecular complexity index is 815. The van der Waals surface area contributed by atoms with Gasteiger partial charge in [-0.3, -0.25) is 4.72 Å². The lowest BCUT2D eigenvalue weighted by molar-refractivity contribution is 0.134. The van der Waals surface area contributed by atoms with Crippen molar-refractivity contribution in [3.63, 3.8) is 0 Å². The molecular formula is C14H17N3O4S. The Kier molecular flexibility index (Phi) is 4.94. The molecule has 1 N–H and O–H groups in total. The summed E-state index contributed by atoms with van der Waals surface area (Å²) in [7, 11) is -2.27. The quantitative estimate of drug-likeness (QED) is 0.860. The Hall–Kier alpha value is -2.19. The van der Waals surface area contributed by atoms with E-state index in [2.05, 4.69) is 9.71 Å². The van der Waals surface area contributed by atoms with Crippen molar-refractivity contribution < 1.29 is 13.2 Å². The monoisotopic (exact) mass is 323 g/mol. The Morgan fingerprint density at radius 2 is 2.09 bits per heavy atom. The van der Waals surface area contributed by atoms with E-state index in [0.29, 0.717) is 13.2 Å². The minimum atomic E-state index is -3.81. The topological polar surface area (TPSA) is 90.3 Å². The Balaban J connectivity index is 2.26. The van der Waals surface area contributed by atoms with E-state index >= 15 is 0 Å². The molecule has 0 saturated carbocycles. The zero-order valence-corrected chi connectivity index (χ0v) is 13.1. The van der Waals surface area contributed by atoms with Crippen LogP contribution in [-0.4, -0.2) is 24.6 Å². The number of hydrogen-bond acceptors (Lipinski definition) is 5. The first-order valence-corrected chi connectivity index (χ1v) is 8.14. The molecule has 1 heterocycles. The van der Waals surface area contributed by atoms with Crippen LogP contribution in [0.15, 0.2) is 46.2 Å². The molecule has 118 valence electrons. The fourth-order valence-corrected chi connectivity index (χ4v) is 2.81. The molecular weight excluding hydrogens is 306 g/mol. The van der Waals surface area contributed by atoms with Crippen LogP contribution in [0.1, 0.15) is 12.5 Å². The second kappa shape index (κ2) is 6.71. The molecule has 1 aromatic heterocycles. The highest BCUT2D eigenvalue weighted by molar-refractivity contribution is 7.92. The molecule has 2 rings (SSSR count). The standard InChI is InChI=1S/C14H17N3O4S/c1-3-21-10-11-5-4-6-12(9-11)22(19,20)16-13-7-8-17(2)14(18)15-13/h4-9H,3,10H2,1-2H3,(H,15,16,18). The van der Waals surface area contributed by atoms with Crippen molar-refractivity contribution in [3.05, 3.63) is 52.6 Å². The Morgan fingerprint density at radius 1 is 1.32 bits per heavy atom. The number of nitrogens with one attached hydrogen (secondary N) is 1. The third-order valence-electron chi connectivity index (χ3n) is 2.89. The normalized spacial score (nSPS) is 11.4. The van der Waals surface area contributed by atoms with Crippen molar-refractivity contribution in [1.82, 2.24) is 9.55 Å². The van der Waals surface area contributed by atoms with Crippen molar-refractivity contribution in [3.8, 4) is 0 Å². The summed E-state index contributed by atoms with van der Waals surface area (Å²) < 4.78 is 33.5. The number of aromatic nitrogens is 2. The predicted molar refractivity (Wildman–Crippen MR) is 82.1 cm³/mol. The van der Waals surface area contributed by atoms with Crippen LogP contribution < -0.4 is 10.4 Å². The van der Waals surface area contributed by atoms with Gasteiger partial charge in [0, 0.05) is 19.9 Å². The molecule has 0 saturated heterocycles. The molecule has 0 amide bonds. The van der Waals surface area contributed by atoms with E-state index in [4.69, 9.17) is 4.74 Å². The minimum absolute atomic E-state index is 0.0155. The summed E-state index contributed by atoms with van der Waals surface area (Å²) in [6, 6.07) is 7.84. The molecule has 0 spiro atoms. The average Bonchev–Trinajstić information content (AvgIpc) is 2.49. The van der Waals surface area contributed by atoms with Gasteiger partial charge in [-0.2, -0.15) is 4.98 Å². The van der Waals surface area contributed by atoms with Crippen LogP contribution in [0.25, 0.3) is 0 Å². The molecule has 0 atom stereocenters. The molecule has 0 unspecified atom stereocenters. The lowest BCUT2D eigenvalue weighted by atomic mass is 10.2. The number of aryl methyl sites for hydroxylation is 1. The first-order valence-electron chi connectivity index (χ1n) is 6.65. The number of ether oxygens (including phenoxy) is 1. The predicted octanol–water partition coefficient (Wildman–Crippen LogP) is 1.12. The van der Waals surface area contributed by atoms with Crippen molar-refractivity contribution >= 4 is 15.8 Å². The van der Waals surface area contributed by atoms with Crippen LogP contribution in [0.4, 0.5) is 5.82 Å². The van der Waals surface area contributed by atoms with Gasteiger partial charge >= 0.3 is 5.69 Å². The van der Waals surface area contributed by atoms with E-state index in [9.17, 15) is 13.2 Å². The van der Waals surface area contributed by atoms with E-state index in [1.807, 2.05) is 6.92 Å². The smallest absolute Gasteiger partial charge is 0.349 e. The van der Waals surface area contributed by atoms with Crippen LogP contribution in [0.5, 0.6) is 0 Å². The molecule has 0 aliphatic heterocycles. The second-order valence-electron chi connectivity index (χ2n) is 4.60. The molecule has 0 radical (unpaired) electrons. The van der Waals surface area contributed by atoms with E-state index in [0.717, 1.165) is 5.56 Å². The molecule has 22 heavy (non-hydrogen) atoms. The number of sulfonamides is 1. The highest BCUT2D eigenvalue weighted by Crippen LogP contribution is 2.15. The first-order chi connectivity index (χ1) is 10.4. The van der Waals surface area contributed by atoms with Gasteiger partial charge in [-0.1, -0.05) is 12.1 Å². The lowest BCUT2D eigenvalue weighted by Crippen LogP contribution is -2.22. The summed E-state index contributed by atoms with van der Waals surface area (Å²) in [5.41, 5.74) is 0.215. The van der Waals surface area contributed by atoms with Gasteiger partial charge in [-0.15, -0.1) is 0 Å². The number of nitrogens with zero attached hydrogens (tertiary/aromatic N) is 2. The van der Waals surface area contributed by atoms with Gasteiger partial charge in [-0.25, -0.2) is 13.2 Å². The van der Waals surface area contributed by atoms with Gasteiger partial charge in [0.1, 0.15) is 5.82 Å². The van der Waals surface area contributed by atoms with Gasteiger partial charge in [-0.05, 0) is 30.7 Å². The van der Waals surface area contributed by atoms with Crippen LogP contribution in [0.2, 0.25) is 0 Å². The fraction of sp³-hybridized carbons (Fsp3) is 0.286. The first kappa shape index (κ1) is 16.2. The van der Waals surface area contributed by atoms with Crippen LogP contribution in [-0.2, 0) is 28.4 Å². The second-order valence-corrected chi connectivity index (χ2v) is 6.28. The molecule has 0 aliphatic rings. The highest BCUT2D eigenvalue weighted by Gasteiger charge is 2.15. The minimum Gasteiger partial charge on any atom is -0.377 e. The fourth-order valence-electron chi connectivity index (χ4n) is 1.74. The number of rotatable bonds is 6. The number of hydrogen-bond donors (Lipinski definition) is 1. The van der Waals surface area contributed by atoms with Gasteiger partial charge in [0.15, 0.2) is 0 Å². The molecule has 7 nitrogen and oxygen atoms in total. The van der Waals surface area contributed by atoms with E-state index in [1.54, 1.807) is 12.1 Å². The zero-order chi connectivity index (χ0) is 16.2. The number of benzene rings is 1. The van der Waals surface area contributed by atoms with E-state index in [1.165, 1.54) is 36.0 Å². The molecule has 8 heteroatoms. The van der Waals surface area contributed by atoms with Crippen LogP contribution in [0, 0.1) is 0 Å². The maximum atomic E-state index is 12.3. The zero-order valence-electron chi connectivity index (χ0n) is 12.3. The summed E-state index contributed by atoms with van der Waals surface area (Å²) in [5, 5.41) is 0. The van der Waals surface area contributed by atoms with Crippen molar-refractivity contribution in [2.24, 2.45) is 7.05 Å². The van der Waals surface area contributed by atoms with Gasteiger partial charge in [0.25, 0.3) is 10.0 Å². The maximum absolute atomic E-state index is 12.3. The summed E-state index contributed by atoms with van der Waals surface area (Å²) in [6.07, 6.45) is 1.44. The third kappa shape index (κ3) is 3.92. The summed E-state index contributed by atoms with van der Waals surface area (Å²) in [5.74, 6) is -0.0155. The summed E-state index contributed by atoms with van der Waals surface area (Å²) in [4.78, 5) is 15.2. The van der Waals surface area contributed by atoms with Gasteiger partial charge in [0.2, 0.25) is 0 Å². The summed E-state index contributed by atoms with van der Waals surface area (Å²) >= 11 is 0. The highest BCUT2D eigenvalue weighted by atomic mass is 32.2. The third-order valence-corrected chi connectivity index (χ3v) is 4.25. The van der Waals surface area contributed by atoms with E-state index < -0.39 is 15.7 Å². The molecule has 1 aromatic carbocycles. The van der Waals surface area contributed by atoms with Gasteiger partial charge in [0.05, 0.1) is 11.5 Å². The summed E-state index contributed by atoms with van der Waals surface area (Å²) in [6.45, 7) is 2.75.